The maximum Gasteiger partial charge on any atom is 0.261 e. The fraction of sp³-hybridized carbons (Fsp3) is 0.727. The highest BCUT2D eigenvalue weighted by Gasteiger charge is 2.22. The molecule has 2 N–H and O–H groups in total. The molecule has 0 aromatic carbocycles. The Labute approximate surface area is 118 Å². The molecule has 108 valence electrons. The molecule has 1 atom stereocenters. The minimum Gasteiger partial charge on any atom is -0.324 e. The first-order valence-electron chi connectivity index (χ1n) is 6.38. The highest BCUT2D eigenvalue weighted by Crippen LogP contribution is 2.19. The van der Waals surface area contributed by atoms with E-state index in [1.165, 1.54) is 10.9 Å². The van der Waals surface area contributed by atoms with Gasteiger partial charge in [-0.1, -0.05) is 11.6 Å². The van der Waals surface area contributed by atoms with Crippen molar-refractivity contribution in [3.63, 3.8) is 0 Å². The predicted molar refractivity (Wildman–Crippen MR) is 73.6 cm³/mol. The summed E-state index contributed by atoms with van der Waals surface area (Å²) >= 11 is 5.89. The lowest BCUT2D eigenvalue weighted by Crippen LogP contribution is -2.33. The van der Waals surface area contributed by atoms with Crippen LogP contribution in [0.25, 0.3) is 0 Å². The molecule has 0 aliphatic carbocycles. The number of imidazole rings is 1. The topological polar surface area (TPSA) is 76.0 Å². The third-order valence-corrected chi connectivity index (χ3v) is 5.28. The van der Waals surface area contributed by atoms with Crippen LogP contribution in [0.2, 0.25) is 5.15 Å². The summed E-state index contributed by atoms with van der Waals surface area (Å²) < 4.78 is 28.1. The van der Waals surface area contributed by atoms with E-state index in [2.05, 4.69) is 15.0 Å². The first-order chi connectivity index (χ1) is 9.00. The van der Waals surface area contributed by atoms with Crippen molar-refractivity contribution < 1.29 is 8.42 Å². The SMILES string of the molecule is Cn1cnc(S(=O)(=O)NCC[C@H]2CCCNC2)c1Cl. The van der Waals surface area contributed by atoms with E-state index < -0.39 is 10.0 Å². The molecule has 1 saturated heterocycles. The Hall–Kier alpha value is -0.630. The fourth-order valence-electron chi connectivity index (χ4n) is 2.21. The highest BCUT2D eigenvalue weighted by molar-refractivity contribution is 7.89. The molecule has 0 bridgehead atoms. The number of nitrogens with zero attached hydrogens (tertiary/aromatic N) is 2. The zero-order valence-electron chi connectivity index (χ0n) is 10.9. The zero-order chi connectivity index (χ0) is 13.9. The van der Waals surface area contributed by atoms with Crippen LogP contribution >= 0.6 is 11.6 Å². The van der Waals surface area contributed by atoms with Crippen LogP contribution in [0, 0.1) is 5.92 Å². The molecule has 1 aliphatic rings. The Balaban J connectivity index is 1.89. The molecule has 1 aromatic rings. The highest BCUT2D eigenvalue weighted by atomic mass is 35.5. The number of nitrogens with one attached hydrogen (secondary N) is 2. The maximum absolute atomic E-state index is 12.0. The summed E-state index contributed by atoms with van der Waals surface area (Å²) in [6, 6.07) is 0. The lowest BCUT2D eigenvalue weighted by Gasteiger charge is -2.22. The standard InChI is InChI=1S/C11H19ClN4O2S/c1-16-8-14-11(10(16)12)19(17,18)15-6-4-9-3-2-5-13-7-9/h8-9,13,15H,2-7H2,1H3/t9-/m1/s1. The van der Waals surface area contributed by atoms with Gasteiger partial charge in [0.2, 0.25) is 5.03 Å². The number of aryl methyl sites for hydroxylation is 1. The first kappa shape index (κ1) is 14.8. The molecule has 1 aliphatic heterocycles. The summed E-state index contributed by atoms with van der Waals surface area (Å²) in [5.41, 5.74) is 0. The van der Waals surface area contributed by atoms with E-state index in [1.807, 2.05) is 0 Å². The van der Waals surface area contributed by atoms with Gasteiger partial charge in [-0.3, -0.25) is 0 Å². The summed E-state index contributed by atoms with van der Waals surface area (Å²) in [4.78, 5) is 3.82. The normalized spacial score (nSPS) is 20.6. The van der Waals surface area contributed by atoms with Crippen molar-refractivity contribution >= 4 is 21.6 Å². The second-order valence-corrected chi connectivity index (χ2v) is 6.89. The summed E-state index contributed by atoms with van der Waals surface area (Å²) in [7, 11) is -1.95. The molecule has 6 nitrogen and oxygen atoms in total. The quantitative estimate of drug-likeness (QED) is 0.841. The number of halogens is 1. The lowest BCUT2D eigenvalue weighted by molar-refractivity contribution is 0.358. The number of rotatable bonds is 5. The van der Waals surface area contributed by atoms with E-state index in [9.17, 15) is 8.42 Å². The van der Waals surface area contributed by atoms with Gasteiger partial charge in [-0.05, 0) is 38.3 Å². The van der Waals surface area contributed by atoms with Crippen LogP contribution in [-0.4, -0.2) is 37.6 Å². The molecule has 0 spiro atoms. The number of aromatic nitrogens is 2. The van der Waals surface area contributed by atoms with E-state index in [-0.39, 0.29) is 10.2 Å². The van der Waals surface area contributed by atoms with E-state index >= 15 is 0 Å². The summed E-state index contributed by atoms with van der Waals surface area (Å²) in [6.45, 7) is 2.44. The third-order valence-electron chi connectivity index (χ3n) is 3.33. The van der Waals surface area contributed by atoms with Crippen molar-refractivity contribution in [1.29, 1.82) is 0 Å². The van der Waals surface area contributed by atoms with Gasteiger partial charge < -0.3 is 9.88 Å². The van der Waals surface area contributed by atoms with Crippen LogP contribution in [0.4, 0.5) is 0 Å². The van der Waals surface area contributed by atoms with E-state index in [1.54, 1.807) is 7.05 Å². The predicted octanol–water partition coefficient (Wildman–Crippen LogP) is 0.741. The molecule has 19 heavy (non-hydrogen) atoms. The second kappa shape index (κ2) is 6.21. The van der Waals surface area contributed by atoms with Crippen LogP contribution in [0.15, 0.2) is 11.4 Å². The molecule has 2 heterocycles. The van der Waals surface area contributed by atoms with Crippen LogP contribution < -0.4 is 10.0 Å². The van der Waals surface area contributed by atoms with Crippen molar-refractivity contribution in [3.05, 3.63) is 11.5 Å². The van der Waals surface area contributed by atoms with Gasteiger partial charge in [-0.2, -0.15) is 0 Å². The minimum atomic E-state index is -3.61. The molecule has 0 amide bonds. The zero-order valence-corrected chi connectivity index (χ0v) is 12.5. The van der Waals surface area contributed by atoms with Crippen molar-refractivity contribution in [1.82, 2.24) is 19.6 Å². The number of piperidine rings is 1. The Morgan fingerprint density at radius 1 is 1.63 bits per heavy atom. The van der Waals surface area contributed by atoms with Gasteiger partial charge in [0.15, 0.2) is 0 Å². The van der Waals surface area contributed by atoms with Crippen LogP contribution in [0.1, 0.15) is 19.3 Å². The first-order valence-corrected chi connectivity index (χ1v) is 8.24. The smallest absolute Gasteiger partial charge is 0.261 e. The summed E-state index contributed by atoms with van der Waals surface area (Å²) in [6.07, 6.45) is 4.53. The monoisotopic (exact) mass is 306 g/mol. The van der Waals surface area contributed by atoms with Gasteiger partial charge in [0, 0.05) is 13.6 Å². The van der Waals surface area contributed by atoms with Gasteiger partial charge in [0.1, 0.15) is 5.15 Å². The molecule has 2 rings (SSSR count). The average molecular weight is 307 g/mol. The van der Waals surface area contributed by atoms with Crippen molar-refractivity contribution in [2.45, 2.75) is 24.3 Å². The Morgan fingerprint density at radius 3 is 3.00 bits per heavy atom. The minimum absolute atomic E-state index is 0.0987. The lowest BCUT2D eigenvalue weighted by atomic mass is 9.96. The fourth-order valence-corrected chi connectivity index (χ4v) is 3.68. The van der Waals surface area contributed by atoms with Gasteiger partial charge in [-0.25, -0.2) is 18.1 Å². The number of hydrogen-bond acceptors (Lipinski definition) is 4. The van der Waals surface area contributed by atoms with E-state index in [0.29, 0.717) is 12.5 Å². The number of sulfonamides is 1. The summed E-state index contributed by atoms with van der Waals surface area (Å²) in [5, 5.41) is 3.35. The molecular formula is C11H19ClN4O2S. The van der Waals surface area contributed by atoms with Gasteiger partial charge in [0.25, 0.3) is 10.0 Å². The largest absolute Gasteiger partial charge is 0.324 e. The molecular weight excluding hydrogens is 288 g/mol. The van der Waals surface area contributed by atoms with Crippen LogP contribution in [0.5, 0.6) is 0 Å². The molecule has 8 heteroatoms. The van der Waals surface area contributed by atoms with Crippen LogP contribution in [-0.2, 0) is 17.1 Å². The second-order valence-electron chi connectivity index (χ2n) is 4.85. The molecule has 0 saturated carbocycles. The van der Waals surface area contributed by atoms with Crippen molar-refractivity contribution in [3.8, 4) is 0 Å². The van der Waals surface area contributed by atoms with Crippen LogP contribution in [0.3, 0.4) is 0 Å². The van der Waals surface area contributed by atoms with Gasteiger partial charge in [-0.15, -0.1) is 0 Å². The molecule has 1 fully saturated rings. The maximum atomic E-state index is 12.0. The van der Waals surface area contributed by atoms with Gasteiger partial charge >= 0.3 is 0 Å². The summed E-state index contributed by atoms with van der Waals surface area (Å²) in [5.74, 6) is 0.538. The third kappa shape index (κ3) is 3.68. The molecule has 0 radical (unpaired) electrons. The molecule has 1 aromatic heterocycles. The van der Waals surface area contributed by atoms with Crippen molar-refractivity contribution in [2.75, 3.05) is 19.6 Å². The average Bonchev–Trinajstić information content (AvgIpc) is 2.72. The Bertz CT molecular complexity index is 523. The van der Waals surface area contributed by atoms with E-state index in [0.717, 1.165) is 32.4 Å². The number of hydrogen-bond donors (Lipinski definition) is 2. The van der Waals surface area contributed by atoms with Crippen molar-refractivity contribution in [2.24, 2.45) is 13.0 Å². The van der Waals surface area contributed by atoms with E-state index in [4.69, 9.17) is 11.6 Å². The van der Waals surface area contributed by atoms with Gasteiger partial charge in [0.05, 0.1) is 6.33 Å². The Kier molecular flexibility index (Phi) is 4.83. The molecule has 0 unspecified atom stereocenters. The Morgan fingerprint density at radius 2 is 2.42 bits per heavy atom.